The fourth-order valence-electron chi connectivity index (χ4n) is 1.26. The Morgan fingerprint density at radius 1 is 1.00 bits per heavy atom. The molecule has 0 aliphatic rings. The van der Waals surface area contributed by atoms with Gasteiger partial charge in [-0.3, -0.25) is 0 Å². The van der Waals surface area contributed by atoms with Crippen molar-refractivity contribution in [2.24, 2.45) is 0 Å². The van der Waals surface area contributed by atoms with E-state index in [0.717, 1.165) is 0 Å². The molecule has 0 amide bonds. The Morgan fingerprint density at radius 2 is 1.53 bits per heavy atom. The molecule has 2 nitrogen and oxygen atoms in total. The van der Waals surface area contributed by atoms with Crippen LogP contribution in [0.25, 0.3) is 0 Å². The minimum Gasteiger partial charge on any atom is -0.545 e. The third-order valence-electron chi connectivity index (χ3n) is 1.87. The molecule has 0 bridgehead atoms. The van der Waals surface area contributed by atoms with Crippen LogP contribution in [-0.4, -0.2) is 5.97 Å². The van der Waals surface area contributed by atoms with Gasteiger partial charge in [0.1, 0.15) is 0 Å². The molecule has 0 heterocycles. The van der Waals surface area contributed by atoms with Crippen molar-refractivity contribution < 1.29 is 36.2 Å². The van der Waals surface area contributed by atoms with E-state index in [9.17, 15) is 36.2 Å². The largest absolute Gasteiger partial charge is 0.545 e. The van der Waals surface area contributed by atoms with E-state index in [1.165, 1.54) is 0 Å². The maximum atomic E-state index is 12.4. The van der Waals surface area contributed by atoms with Gasteiger partial charge in [-0.1, -0.05) is 12.1 Å². The van der Waals surface area contributed by atoms with Crippen molar-refractivity contribution in [1.82, 2.24) is 0 Å². The number of carboxylic acid groups (broad SMARTS) is 1. The molecule has 1 aromatic carbocycles. The van der Waals surface area contributed by atoms with E-state index >= 15 is 0 Å². The van der Waals surface area contributed by atoms with Crippen LogP contribution in [0.3, 0.4) is 0 Å². The SMILES string of the molecule is O=C([O-])c1cccc(C(F)(F)F)c1C(F)(F)F. The Labute approximate surface area is 90.5 Å². The van der Waals surface area contributed by atoms with Crippen molar-refractivity contribution in [3.8, 4) is 0 Å². The molecule has 0 spiro atoms. The number of aromatic carboxylic acids is 1. The van der Waals surface area contributed by atoms with Crippen LogP contribution in [-0.2, 0) is 12.4 Å². The van der Waals surface area contributed by atoms with E-state index in [2.05, 4.69) is 0 Å². The van der Waals surface area contributed by atoms with Crippen molar-refractivity contribution in [1.29, 1.82) is 0 Å². The van der Waals surface area contributed by atoms with Crippen LogP contribution in [0.5, 0.6) is 0 Å². The first-order chi connectivity index (χ1) is 7.55. The molecule has 0 saturated heterocycles. The molecule has 0 aliphatic carbocycles. The summed E-state index contributed by atoms with van der Waals surface area (Å²) in [5.74, 6) is -2.32. The minimum absolute atomic E-state index is 0.162. The van der Waals surface area contributed by atoms with Crippen LogP contribution >= 0.6 is 0 Å². The van der Waals surface area contributed by atoms with Crippen molar-refractivity contribution in [2.45, 2.75) is 12.4 Å². The monoisotopic (exact) mass is 257 g/mol. The summed E-state index contributed by atoms with van der Waals surface area (Å²) in [7, 11) is 0. The highest BCUT2D eigenvalue weighted by Crippen LogP contribution is 2.41. The Kier molecular flexibility index (Phi) is 3.09. The number of alkyl halides is 6. The highest BCUT2D eigenvalue weighted by molar-refractivity contribution is 5.88. The second-order valence-electron chi connectivity index (χ2n) is 3.01. The summed E-state index contributed by atoms with van der Waals surface area (Å²) in [4.78, 5) is 10.4. The van der Waals surface area contributed by atoms with Crippen LogP contribution in [0.1, 0.15) is 21.5 Å². The molecule has 0 fully saturated rings. The topological polar surface area (TPSA) is 40.1 Å². The molecule has 0 N–H and O–H groups in total. The fraction of sp³-hybridized carbons (Fsp3) is 0.222. The van der Waals surface area contributed by atoms with E-state index in [1.54, 1.807) is 0 Å². The predicted octanol–water partition coefficient (Wildman–Crippen LogP) is 2.09. The van der Waals surface area contributed by atoms with E-state index in [-0.39, 0.29) is 6.07 Å². The molecule has 0 saturated carbocycles. The van der Waals surface area contributed by atoms with Gasteiger partial charge in [-0.05, 0) is 6.07 Å². The first kappa shape index (κ1) is 13.3. The van der Waals surface area contributed by atoms with Crippen molar-refractivity contribution >= 4 is 5.97 Å². The van der Waals surface area contributed by atoms with E-state index in [4.69, 9.17) is 0 Å². The molecule has 1 aromatic rings. The summed E-state index contributed by atoms with van der Waals surface area (Å²) in [5, 5.41) is 10.4. The molecule has 0 aliphatic heterocycles. The Bertz CT molecular complexity index is 446. The zero-order valence-corrected chi connectivity index (χ0v) is 7.82. The average molecular weight is 257 g/mol. The minimum atomic E-state index is -5.43. The number of carbonyl (C=O) groups excluding carboxylic acids is 1. The summed E-state index contributed by atoms with van der Waals surface area (Å²) in [6.07, 6.45) is -10.7. The molecule has 8 heteroatoms. The van der Waals surface area contributed by atoms with Gasteiger partial charge in [0.15, 0.2) is 0 Å². The van der Waals surface area contributed by atoms with Gasteiger partial charge in [-0.2, -0.15) is 26.3 Å². The lowest BCUT2D eigenvalue weighted by Gasteiger charge is -2.19. The molecule has 94 valence electrons. The van der Waals surface area contributed by atoms with Crippen LogP contribution in [0.15, 0.2) is 18.2 Å². The number of carboxylic acids is 1. The normalized spacial score (nSPS) is 12.6. The van der Waals surface area contributed by atoms with Crippen molar-refractivity contribution in [2.75, 3.05) is 0 Å². The van der Waals surface area contributed by atoms with Gasteiger partial charge >= 0.3 is 12.4 Å². The maximum Gasteiger partial charge on any atom is 0.417 e. The molecule has 0 unspecified atom stereocenters. The fourth-order valence-corrected chi connectivity index (χ4v) is 1.26. The van der Waals surface area contributed by atoms with Crippen LogP contribution in [0.2, 0.25) is 0 Å². The molecular weight excluding hydrogens is 254 g/mol. The summed E-state index contributed by atoms with van der Waals surface area (Å²) in [6, 6.07) is 1.14. The van der Waals surface area contributed by atoms with Crippen molar-refractivity contribution in [3.63, 3.8) is 0 Å². The molecule has 1 rings (SSSR count). The van der Waals surface area contributed by atoms with Gasteiger partial charge in [0.05, 0.1) is 17.1 Å². The zero-order chi connectivity index (χ0) is 13.4. The van der Waals surface area contributed by atoms with Gasteiger partial charge in [0.2, 0.25) is 0 Å². The molecule has 17 heavy (non-hydrogen) atoms. The summed E-state index contributed by atoms with van der Waals surface area (Å²) in [6.45, 7) is 0. The third-order valence-corrected chi connectivity index (χ3v) is 1.87. The number of halogens is 6. The number of rotatable bonds is 1. The van der Waals surface area contributed by atoms with E-state index < -0.39 is 35.0 Å². The van der Waals surface area contributed by atoms with Crippen LogP contribution in [0.4, 0.5) is 26.3 Å². The highest BCUT2D eigenvalue weighted by Gasteiger charge is 2.44. The van der Waals surface area contributed by atoms with Crippen molar-refractivity contribution in [3.05, 3.63) is 34.9 Å². The Morgan fingerprint density at radius 3 is 1.88 bits per heavy atom. The third kappa shape index (κ3) is 2.69. The molecule has 0 aromatic heterocycles. The second kappa shape index (κ2) is 3.94. The Hall–Kier alpha value is -1.73. The first-order valence-corrected chi connectivity index (χ1v) is 4.04. The van der Waals surface area contributed by atoms with Crippen LogP contribution < -0.4 is 5.11 Å². The summed E-state index contributed by atoms with van der Waals surface area (Å²) >= 11 is 0. The smallest absolute Gasteiger partial charge is 0.417 e. The lowest BCUT2D eigenvalue weighted by atomic mass is 10.00. The Balaban J connectivity index is 3.64. The molecule has 0 atom stereocenters. The molecular formula is C9H3F6O2-. The lowest BCUT2D eigenvalue weighted by molar-refractivity contribution is -0.255. The van der Waals surface area contributed by atoms with E-state index in [1.807, 2.05) is 0 Å². The van der Waals surface area contributed by atoms with Gasteiger partial charge in [-0.15, -0.1) is 0 Å². The second-order valence-corrected chi connectivity index (χ2v) is 3.01. The first-order valence-electron chi connectivity index (χ1n) is 4.04. The number of hydrogen-bond donors (Lipinski definition) is 0. The maximum absolute atomic E-state index is 12.4. The lowest BCUT2D eigenvalue weighted by Crippen LogP contribution is -2.28. The average Bonchev–Trinajstić information content (AvgIpc) is 2.13. The summed E-state index contributed by atoms with van der Waals surface area (Å²) in [5.41, 5.74) is -5.83. The van der Waals surface area contributed by atoms with E-state index in [0.29, 0.717) is 12.1 Å². The predicted molar refractivity (Wildman–Crippen MR) is 40.8 cm³/mol. The van der Waals surface area contributed by atoms with Gasteiger partial charge in [-0.25, -0.2) is 0 Å². The number of hydrogen-bond acceptors (Lipinski definition) is 2. The summed E-state index contributed by atoms with van der Waals surface area (Å²) < 4.78 is 74.2. The number of benzene rings is 1. The number of carbonyl (C=O) groups is 1. The standard InChI is InChI=1S/C9H4F6O2/c10-8(11,12)5-3-1-2-4(7(16)17)6(5)9(13,14)15/h1-3H,(H,16,17)/p-1. The van der Waals surface area contributed by atoms with Gasteiger partial charge in [0, 0.05) is 5.56 Å². The highest BCUT2D eigenvalue weighted by atomic mass is 19.4. The quantitative estimate of drug-likeness (QED) is 0.722. The molecule has 0 radical (unpaired) electrons. The van der Waals surface area contributed by atoms with Crippen LogP contribution in [0, 0.1) is 0 Å². The zero-order valence-electron chi connectivity index (χ0n) is 7.82. The van der Waals surface area contributed by atoms with Gasteiger partial charge < -0.3 is 9.90 Å². The van der Waals surface area contributed by atoms with Gasteiger partial charge in [0.25, 0.3) is 0 Å².